The molecule has 0 fully saturated rings. The van der Waals surface area contributed by atoms with Gasteiger partial charge in [-0.15, -0.1) is 0 Å². The Bertz CT molecular complexity index is 1020. The molecule has 1 aliphatic heterocycles. The van der Waals surface area contributed by atoms with Crippen molar-refractivity contribution in [3.63, 3.8) is 0 Å². The van der Waals surface area contributed by atoms with Crippen LogP contribution >= 0.6 is 0 Å². The molecule has 2 heterocycles. The Morgan fingerprint density at radius 3 is 2.24 bits per heavy atom. The molecule has 146 valence electrons. The average Bonchev–Trinajstić information content (AvgIpc) is 3.33. The Hall–Kier alpha value is -3.74. The zero-order valence-corrected chi connectivity index (χ0v) is 15.7. The molecule has 0 spiro atoms. The van der Waals surface area contributed by atoms with Crippen LogP contribution in [0.1, 0.15) is 38.3 Å². The van der Waals surface area contributed by atoms with E-state index in [2.05, 4.69) is 10.3 Å². The fraction of sp³-hybridized carbons (Fsp3) is 0.182. The molecule has 1 N–H and O–H groups in total. The second kappa shape index (κ2) is 8.10. The van der Waals surface area contributed by atoms with E-state index in [0.717, 1.165) is 16.0 Å². The molecule has 0 aliphatic carbocycles. The molecule has 1 aromatic heterocycles. The molecule has 0 bridgehead atoms. The van der Waals surface area contributed by atoms with Crippen molar-refractivity contribution in [2.75, 3.05) is 6.54 Å². The molecule has 3 aromatic rings. The predicted molar refractivity (Wildman–Crippen MR) is 106 cm³/mol. The van der Waals surface area contributed by atoms with Crippen molar-refractivity contribution in [3.05, 3.63) is 89.5 Å². The molecule has 2 aromatic carbocycles. The van der Waals surface area contributed by atoms with Crippen LogP contribution in [0, 0.1) is 0 Å². The number of carbonyl (C=O) groups is 3. The summed E-state index contributed by atoms with van der Waals surface area (Å²) in [5.74, 6) is -0.896. The molecular formula is C22H20N4O3. The number of imide groups is 1. The van der Waals surface area contributed by atoms with Gasteiger partial charge in [-0.1, -0.05) is 36.4 Å². The van der Waals surface area contributed by atoms with Gasteiger partial charge in [-0.05, 0) is 23.3 Å². The molecule has 0 radical (unpaired) electrons. The zero-order chi connectivity index (χ0) is 20.2. The molecule has 7 nitrogen and oxygen atoms in total. The molecule has 1 aliphatic rings. The molecule has 4 rings (SSSR count). The zero-order valence-electron chi connectivity index (χ0n) is 15.7. The number of amides is 3. The van der Waals surface area contributed by atoms with E-state index >= 15 is 0 Å². The van der Waals surface area contributed by atoms with E-state index in [1.54, 1.807) is 36.8 Å². The van der Waals surface area contributed by atoms with Crippen LogP contribution in [0.4, 0.5) is 0 Å². The summed E-state index contributed by atoms with van der Waals surface area (Å²) in [5, 5.41) is 2.88. The van der Waals surface area contributed by atoms with E-state index in [-0.39, 0.29) is 30.7 Å². The number of aromatic nitrogens is 2. The Morgan fingerprint density at radius 1 is 0.931 bits per heavy atom. The van der Waals surface area contributed by atoms with Crippen molar-refractivity contribution in [1.29, 1.82) is 0 Å². The highest BCUT2D eigenvalue weighted by Crippen LogP contribution is 2.22. The molecule has 29 heavy (non-hydrogen) atoms. The lowest BCUT2D eigenvalue weighted by molar-refractivity contribution is -0.121. The maximum Gasteiger partial charge on any atom is 0.261 e. The Kier molecular flexibility index (Phi) is 5.20. The molecule has 0 unspecified atom stereocenters. The summed E-state index contributed by atoms with van der Waals surface area (Å²) >= 11 is 0. The Labute approximate surface area is 168 Å². The van der Waals surface area contributed by atoms with Crippen LogP contribution in [0.15, 0.2) is 67.3 Å². The van der Waals surface area contributed by atoms with E-state index in [4.69, 9.17) is 0 Å². The van der Waals surface area contributed by atoms with Gasteiger partial charge in [-0.25, -0.2) is 4.98 Å². The van der Waals surface area contributed by atoms with Crippen molar-refractivity contribution < 1.29 is 14.4 Å². The van der Waals surface area contributed by atoms with E-state index in [9.17, 15) is 14.4 Å². The maximum atomic E-state index is 12.4. The molecule has 7 heteroatoms. The average molecular weight is 388 g/mol. The van der Waals surface area contributed by atoms with Gasteiger partial charge >= 0.3 is 0 Å². The highest BCUT2D eigenvalue weighted by Gasteiger charge is 2.34. The standard InChI is InChI=1S/C22H20N4O3/c27-20(9-11-26-21(28)18-7-3-4-8-19(18)22(26)29)24-13-16-5-1-2-6-17(16)14-25-12-10-23-15-25/h1-8,10,12,15H,9,11,13-14H2,(H,24,27). The molecule has 0 saturated heterocycles. The van der Waals surface area contributed by atoms with Crippen LogP contribution in [0.25, 0.3) is 0 Å². The van der Waals surface area contributed by atoms with Gasteiger partial charge in [0.05, 0.1) is 17.5 Å². The first-order valence-electron chi connectivity index (χ1n) is 9.38. The van der Waals surface area contributed by atoms with Gasteiger partial charge < -0.3 is 9.88 Å². The van der Waals surface area contributed by atoms with Crippen LogP contribution in [0.5, 0.6) is 0 Å². The first-order valence-corrected chi connectivity index (χ1v) is 9.38. The molecule has 0 saturated carbocycles. The summed E-state index contributed by atoms with van der Waals surface area (Å²) in [7, 11) is 0. The van der Waals surface area contributed by atoms with Gasteiger partial charge in [-0.2, -0.15) is 0 Å². The lowest BCUT2D eigenvalue weighted by Gasteiger charge is -2.14. The van der Waals surface area contributed by atoms with Crippen molar-refractivity contribution >= 4 is 17.7 Å². The number of rotatable bonds is 7. The minimum Gasteiger partial charge on any atom is -0.352 e. The number of benzene rings is 2. The number of hydrogen-bond donors (Lipinski definition) is 1. The predicted octanol–water partition coefficient (Wildman–Crippen LogP) is 2.23. The van der Waals surface area contributed by atoms with E-state index in [0.29, 0.717) is 24.2 Å². The first kappa shape index (κ1) is 18.6. The SMILES string of the molecule is O=C(CCN1C(=O)c2ccccc2C1=O)NCc1ccccc1Cn1ccnc1. The fourth-order valence-electron chi connectivity index (χ4n) is 3.40. The van der Waals surface area contributed by atoms with Gasteiger partial charge in [0, 0.05) is 38.4 Å². The lowest BCUT2D eigenvalue weighted by Crippen LogP contribution is -2.34. The number of carbonyl (C=O) groups excluding carboxylic acids is 3. The second-order valence-corrected chi connectivity index (χ2v) is 6.84. The lowest BCUT2D eigenvalue weighted by atomic mass is 10.1. The monoisotopic (exact) mass is 388 g/mol. The third kappa shape index (κ3) is 3.94. The van der Waals surface area contributed by atoms with Gasteiger partial charge in [-0.3, -0.25) is 19.3 Å². The summed E-state index contributed by atoms with van der Waals surface area (Å²) in [6, 6.07) is 14.6. The smallest absolute Gasteiger partial charge is 0.261 e. The molecule has 3 amide bonds. The first-order chi connectivity index (χ1) is 14.1. The number of hydrogen-bond acceptors (Lipinski definition) is 4. The highest BCUT2D eigenvalue weighted by molar-refractivity contribution is 6.21. The largest absolute Gasteiger partial charge is 0.352 e. The van der Waals surface area contributed by atoms with Gasteiger partial charge in [0.25, 0.3) is 11.8 Å². The van der Waals surface area contributed by atoms with Crippen LogP contribution in [0.3, 0.4) is 0 Å². The number of fused-ring (bicyclic) bond motifs is 1. The summed E-state index contributed by atoms with van der Waals surface area (Å²) in [4.78, 5) is 42.2. The Balaban J connectivity index is 1.33. The minimum atomic E-state index is -0.343. The fourth-order valence-corrected chi connectivity index (χ4v) is 3.40. The topological polar surface area (TPSA) is 84.3 Å². The normalized spacial score (nSPS) is 12.9. The maximum absolute atomic E-state index is 12.4. The van der Waals surface area contributed by atoms with Crippen LogP contribution < -0.4 is 5.32 Å². The number of nitrogens with one attached hydrogen (secondary N) is 1. The van der Waals surface area contributed by atoms with Gasteiger partial charge in [0.2, 0.25) is 5.91 Å². The van der Waals surface area contributed by atoms with Crippen LogP contribution in [-0.2, 0) is 17.9 Å². The quantitative estimate of drug-likeness (QED) is 0.629. The van der Waals surface area contributed by atoms with E-state index < -0.39 is 0 Å². The van der Waals surface area contributed by atoms with Gasteiger partial charge in [0.15, 0.2) is 0 Å². The minimum absolute atomic E-state index is 0.0643. The van der Waals surface area contributed by atoms with Crippen molar-refractivity contribution in [2.24, 2.45) is 0 Å². The van der Waals surface area contributed by atoms with Crippen molar-refractivity contribution in [2.45, 2.75) is 19.5 Å². The summed E-state index contributed by atoms with van der Waals surface area (Å²) < 4.78 is 1.96. The summed E-state index contributed by atoms with van der Waals surface area (Å²) in [6.45, 7) is 1.11. The second-order valence-electron chi connectivity index (χ2n) is 6.84. The highest BCUT2D eigenvalue weighted by atomic mass is 16.2. The van der Waals surface area contributed by atoms with Crippen molar-refractivity contribution in [1.82, 2.24) is 19.8 Å². The van der Waals surface area contributed by atoms with E-state index in [1.165, 1.54) is 0 Å². The summed E-state index contributed by atoms with van der Waals surface area (Å²) in [6.07, 6.45) is 5.42. The molecular weight excluding hydrogens is 368 g/mol. The van der Waals surface area contributed by atoms with E-state index in [1.807, 2.05) is 35.0 Å². The number of nitrogens with zero attached hydrogens (tertiary/aromatic N) is 3. The summed E-state index contributed by atoms with van der Waals surface area (Å²) in [5.41, 5.74) is 2.89. The third-order valence-electron chi connectivity index (χ3n) is 4.95. The van der Waals surface area contributed by atoms with Gasteiger partial charge in [0.1, 0.15) is 0 Å². The Morgan fingerprint density at radius 2 is 1.59 bits per heavy atom. The van der Waals surface area contributed by atoms with Crippen LogP contribution in [-0.4, -0.2) is 38.7 Å². The van der Waals surface area contributed by atoms with Crippen molar-refractivity contribution in [3.8, 4) is 0 Å². The molecule has 0 atom stereocenters. The van der Waals surface area contributed by atoms with Crippen LogP contribution in [0.2, 0.25) is 0 Å². The number of imidazole rings is 1. The third-order valence-corrected chi connectivity index (χ3v) is 4.95.